The predicted molar refractivity (Wildman–Crippen MR) is 143 cm³/mol. The fourth-order valence-corrected chi connectivity index (χ4v) is 5.38. The summed E-state index contributed by atoms with van der Waals surface area (Å²) in [5, 5.41) is 14.9. The third-order valence-electron chi connectivity index (χ3n) is 6.55. The number of hydrogen-bond acceptors (Lipinski definition) is 1. The molecule has 1 heterocycles. The van der Waals surface area contributed by atoms with E-state index in [2.05, 4.69) is 69.0 Å². The normalized spacial score (nSPS) is 11.8. The van der Waals surface area contributed by atoms with Crippen LogP contribution in [0.4, 0.5) is 0 Å². The second kappa shape index (κ2) is 8.28. The highest BCUT2D eigenvalue weighted by molar-refractivity contribution is 9.10. The van der Waals surface area contributed by atoms with E-state index < -0.39 is 5.60 Å². The Labute approximate surface area is 206 Å². The molecular weight excluding hydrogens is 482 g/mol. The molecule has 0 aliphatic carbocycles. The van der Waals surface area contributed by atoms with Crippen molar-refractivity contribution in [1.82, 2.24) is 4.57 Å². The van der Waals surface area contributed by atoms with E-state index in [0.717, 1.165) is 37.9 Å². The van der Waals surface area contributed by atoms with Crippen LogP contribution < -0.4 is 0 Å². The molecule has 0 amide bonds. The van der Waals surface area contributed by atoms with Gasteiger partial charge in [0, 0.05) is 20.8 Å². The zero-order valence-corrected chi connectivity index (χ0v) is 20.0. The summed E-state index contributed by atoms with van der Waals surface area (Å²) >= 11 is 3.64. The van der Waals surface area contributed by atoms with Crippen molar-refractivity contribution in [3.8, 4) is 5.69 Å². The maximum absolute atomic E-state index is 12.6. The van der Waals surface area contributed by atoms with Gasteiger partial charge in [-0.15, -0.1) is 0 Å². The maximum Gasteiger partial charge on any atom is 0.142 e. The molecule has 0 bridgehead atoms. The smallest absolute Gasteiger partial charge is 0.142 e. The SMILES string of the molecule is OC(c1ccccc1)(c1ccccc1)c1ccccc1-n1c2ccccc2c2cc(Br)ccc21. The van der Waals surface area contributed by atoms with Crippen LogP contribution in [-0.2, 0) is 5.60 Å². The van der Waals surface area contributed by atoms with E-state index in [1.54, 1.807) is 0 Å². The number of para-hydroxylation sites is 2. The zero-order valence-electron chi connectivity index (χ0n) is 18.4. The minimum absolute atomic E-state index is 0.831. The first kappa shape index (κ1) is 20.9. The third-order valence-corrected chi connectivity index (χ3v) is 7.05. The van der Waals surface area contributed by atoms with Crippen LogP contribution in [0.2, 0.25) is 0 Å². The molecule has 34 heavy (non-hydrogen) atoms. The van der Waals surface area contributed by atoms with Crippen LogP contribution in [0.15, 0.2) is 132 Å². The van der Waals surface area contributed by atoms with Crippen LogP contribution >= 0.6 is 15.9 Å². The number of halogens is 1. The lowest BCUT2D eigenvalue weighted by Crippen LogP contribution is -2.30. The molecule has 0 aliphatic rings. The first-order chi connectivity index (χ1) is 16.7. The van der Waals surface area contributed by atoms with Crippen molar-refractivity contribution in [3.05, 3.63) is 149 Å². The standard InChI is InChI=1S/C31H22BrNO/c32-24-19-20-29-26(21-24)25-15-7-9-17-28(25)33(29)30-18-10-8-16-27(30)31(34,22-11-3-1-4-12-22)23-13-5-2-6-14-23/h1-21,34H. The highest BCUT2D eigenvalue weighted by Crippen LogP contribution is 2.42. The van der Waals surface area contributed by atoms with Crippen molar-refractivity contribution in [3.63, 3.8) is 0 Å². The largest absolute Gasteiger partial charge is 0.376 e. The van der Waals surface area contributed by atoms with Crippen molar-refractivity contribution in [2.75, 3.05) is 0 Å². The van der Waals surface area contributed by atoms with Crippen molar-refractivity contribution < 1.29 is 5.11 Å². The minimum Gasteiger partial charge on any atom is -0.376 e. The lowest BCUT2D eigenvalue weighted by atomic mass is 9.79. The van der Waals surface area contributed by atoms with Gasteiger partial charge in [-0.1, -0.05) is 113 Å². The molecule has 0 fully saturated rings. The maximum atomic E-state index is 12.6. The van der Waals surface area contributed by atoms with Gasteiger partial charge in [0.2, 0.25) is 0 Å². The Bertz CT molecular complexity index is 1580. The minimum atomic E-state index is -1.33. The molecule has 1 aromatic heterocycles. The molecule has 164 valence electrons. The number of aliphatic hydroxyl groups is 1. The summed E-state index contributed by atoms with van der Waals surface area (Å²) in [4.78, 5) is 0. The fraction of sp³-hybridized carbons (Fsp3) is 0.0323. The second-order valence-corrected chi connectivity index (χ2v) is 9.39. The van der Waals surface area contributed by atoms with E-state index in [1.807, 2.05) is 78.9 Å². The summed E-state index contributed by atoms with van der Waals surface area (Å²) in [5.41, 5.74) is 4.32. The van der Waals surface area contributed by atoms with Crippen molar-refractivity contribution in [2.24, 2.45) is 0 Å². The van der Waals surface area contributed by atoms with Gasteiger partial charge in [-0.2, -0.15) is 0 Å². The van der Waals surface area contributed by atoms with E-state index in [1.165, 1.54) is 10.8 Å². The Kier molecular flexibility index (Phi) is 5.09. The van der Waals surface area contributed by atoms with Gasteiger partial charge >= 0.3 is 0 Å². The summed E-state index contributed by atoms with van der Waals surface area (Å²) in [5.74, 6) is 0. The van der Waals surface area contributed by atoms with Gasteiger partial charge in [0.1, 0.15) is 5.60 Å². The van der Waals surface area contributed by atoms with Crippen LogP contribution in [0, 0.1) is 0 Å². The molecule has 3 heteroatoms. The van der Waals surface area contributed by atoms with Crippen LogP contribution in [0.25, 0.3) is 27.5 Å². The summed E-state index contributed by atoms with van der Waals surface area (Å²) in [6, 6.07) is 42.8. The zero-order chi connectivity index (χ0) is 23.1. The first-order valence-electron chi connectivity index (χ1n) is 11.3. The van der Waals surface area contributed by atoms with Gasteiger partial charge in [0.05, 0.1) is 16.7 Å². The Morgan fingerprint density at radius 2 is 1.12 bits per heavy atom. The van der Waals surface area contributed by atoms with Gasteiger partial charge in [-0.25, -0.2) is 0 Å². The molecule has 0 saturated heterocycles. The van der Waals surface area contributed by atoms with Crippen LogP contribution in [0.3, 0.4) is 0 Å². The number of rotatable bonds is 4. The highest BCUT2D eigenvalue weighted by atomic mass is 79.9. The molecule has 0 unspecified atom stereocenters. The molecule has 2 nitrogen and oxygen atoms in total. The van der Waals surface area contributed by atoms with Crippen molar-refractivity contribution in [1.29, 1.82) is 0 Å². The molecule has 6 rings (SSSR count). The topological polar surface area (TPSA) is 25.2 Å². The van der Waals surface area contributed by atoms with E-state index >= 15 is 0 Å². The van der Waals surface area contributed by atoms with Gasteiger partial charge in [-0.3, -0.25) is 0 Å². The Balaban J connectivity index is 1.73. The van der Waals surface area contributed by atoms with E-state index in [0.29, 0.717) is 0 Å². The van der Waals surface area contributed by atoms with Gasteiger partial charge in [-0.05, 0) is 41.5 Å². The van der Waals surface area contributed by atoms with Crippen molar-refractivity contribution >= 4 is 37.7 Å². The van der Waals surface area contributed by atoms with Crippen LogP contribution in [0.5, 0.6) is 0 Å². The monoisotopic (exact) mass is 503 g/mol. The van der Waals surface area contributed by atoms with Gasteiger partial charge in [0.15, 0.2) is 0 Å². The summed E-state index contributed by atoms with van der Waals surface area (Å²) in [7, 11) is 0. The average molecular weight is 504 g/mol. The molecular formula is C31H22BrNO. The molecule has 0 spiro atoms. The average Bonchev–Trinajstić information content (AvgIpc) is 3.23. The first-order valence-corrected chi connectivity index (χ1v) is 12.1. The Hall–Kier alpha value is -3.66. The van der Waals surface area contributed by atoms with E-state index in [4.69, 9.17) is 0 Å². The second-order valence-electron chi connectivity index (χ2n) is 8.47. The van der Waals surface area contributed by atoms with E-state index in [-0.39, 0.29) is 0 Å². The molecule has 0 aliphatic heterocycles. The van der Waals surface area contributed by atoms with Crippen LogP contribution in [-0.4, -0.2) is 9.67 Å². The van der Waals surface area contributed by atoms with Crippen molar-refractivity contribution in [2.45, 2.75) is 5.60 Å². The molecule has 0 radical (unpaired) electrons. The summed E-state index contributed by atoms with van der Waals surface area (Å²) in [6.45, 7) is 0. The number of aromatic nitrogens is 1. The molecule has 6 aromatic rings. The molecule has 0 saturated carbocycles. The molecule has 0 atom stereocenters. The highest BCUT2D eigenvalue weighted by Gasteiger charge is 2.36. The lowest BCUT2D eigenvalue weighted by molar-refractivity contribution is 0.125. The van der Waals surface area contributed by atoms with Gasteiger partial charge < -0.3 is 9.67 Å². The Morgan fingerprint density at radius 1 is 0.559 bits per heavy atom. The summed E-state index contributed by atoms with van der Waals surface area (Å²) < 4.78 is 3.31. The number of fused-ring (bicyclic) bond motifs is 3. The summed E-state index contributed by atoms with van der Waals surface area (Å²) in [6.07, 6.45) is 0. The van der Waals surface area contributed by atoms with Gasteiger partial charge in [0.25, 0.3) is 0 Å². The third kappa shape index (κ3) is 3.20. The van der Waals surface area contributed by atoms with E-state index in [9.17, 15) is 5.11 Å². The number of benzene rings is 5. The molecule has 5 aromatic carbocycles. The van der Waals surface area contributed by atoms with Crippen LogP contribution in [0.1, 0.15) is 16.7 Å². The number of nitrogens with zero attached hydrogens (tertiary/aromatic N) is 1. The lowest BCUT2D eigenvalue weighted by Gasteiger charge is -2.32. The quantitative estimate of drug-likeness (QED) is 0.243. The fourth-order valence-electron chi connectivity index (χ4n) is 5.02. The number of hydrogen-bond donors (Lipinski definition) is 1. The predicted octanol–water partition coefficient (Wildman–Crippen LogP) is 7.83. The Morgan fingerprint density at radius 3 is 1.82 bits per heavy atom. The molecule has 1 N–H and O–H groups in total.